The molecule has 0 heterocycles. The van der Waals surface area contributed by atoms with Crippen molar-refractivity contribution in [2.45, 2.75) is 52.2 Å². The summed E-state index contributed by atoms with van der Waals surface area (Å²) in [5, 5.41) is 21.9. The molecular formula is C11H23NO3. The normalized spacial score (nSPS) is 19.7. The Bertz CT molecular complexity index is 226. The topological polar surface area (TPSA) is 69.6 Å². The monoisotopic (exact) mass is 217 g/mol. The molecule has 4 heteroatoms. The van der Waals surface area contributed by atoms with Crippen LogP contribution >= 0.6 is 0 Å². The number of carboxylic acid groups (broad SMARTS) is 1. The number of aliphatic hydroxyl groups is 1. The van der Waals surface area contributed by atoms with Gasteiger partial charge in [-0.25, -0.2) is 0 Å². The van der Waals surface area contributed by atoms with Gasteiger partial charge >= 0.3 is 5.97 Å². The van der Waals surface area contributed by atoms with Crippen LogP contribution in [-0.2, 0) is 4.79 Å². The van der Waals surface area contributed by atoms with E-state index in [1.165, 1.54) is 0 Å². The number of β-amino-alcohol motifs (C(OH)–C–C–N with tert-alkyl or cyclic N) is 1. The lowest BCUT2D eigenvalue weighted by molar-refractivity contribution is -0.144. The van der Waals surface area contributed by atoms with Gasteiger partial charge in [-0.1, -0.05) is 20.8 Å². The van der Waals surface area contributed by atoms with Gasteiger partial charge in [0.15, 0.2) is 0 Å². The van der Waals surface area contributed by atoms with Crippen LogP contribution in [0.15, 0.2) is 0 Å². The maximum absolute atomic E-state index is 11.0. The van der Waals surface area contributed by atoms with E-state index in [0.717, 1.165) is 0 Å². The van der Waals surface area contributed by atoms with Crippen molar-refractivity contribution < 1.29 is 15.0 Å². The third kappa shape index (κ3) is 3.80. The molecule has 0 aliphatic rings. The van der Waals surface area contributed by atoms with E-state index in [0.29, 0.717) is 6.42 Å². The second-order valence-electron chi connectivity index (χ2n) is 4.86. The van der Waals surface area contributed by atoms with Crippen LogP contribution in [0.2, 0.25) is 0 Å². The number of carboxylic acids is 1. The molecule has 0 bridgehead atoms. The minimum Gasteiger partial charge on any atom is -0.480 e. The zero-order chi connectivity index (χ0) is 12.3. The fraction of sp³-hybridized carbons (Fsp3) is 0.909. The van der Waals surface area contributed by atoms with Gasteiger partial charge in [0, 0.05) is 6.54 Å². The molecule has 0 fully saturated rings. The molecule has 0 spiro atoms. The minimum atomic E-state index is -0.959. The van der Waals surface area contributed by atoms with Crippen molar-refractivity contribution in [2.75, 3.05) is 6.54 Å². The highest BCUT2D eigenvalue weighted by Crippen LogP contribution is 2.17. The number of hydrogen-bond acceptors (Lipinski definition) is 3. The van der Waals surface area contributed by atoms with Crippen LogP contribution in [0, 0.1) is 5.92 Å². The Kier molecular flexibility index (Phi) is 4.74. The summed E-state index contributed by atoms with van der Waals surface area (Å²) < 4.78 is 0. The number of carbonyl (C=O) groups is 1. The molecule has 3 N–H and O–H groups in total. The largest absolute Gasteiger partial charge is 0.480 e. The van der Waals surface area contributed by atoms with Crippen LogP contribution in [0.1, 0.15) is 41.0 Å². The predicted molar refractivity (Wildman–Crippen MR) is 59.8 cm³/mol. The molecule has 15 heavy (non-hydrogen) atoms. The van der Waals surface area contributed by atoms with Crippen LogP contribution in [0.3, 0.4) is 0 Å². The Hall–Kier alpha value is -0.610. The second kappa shape index (κ2) is 4.94. The molecule has 0 radical (unpaired) electrons. The summed E-state index contributed by atoms with van der Waals surface area (Å²) in [6.07, 6.45) is 0.483. The Morgan fingerprint density at radius 1 is 1.40 bits per heavy atom. The zero-order valence-corrected chi connectivity index (χ0v) is 10.3. The number of hydrogen-bond donors (Lipinski definition) is 3. The molecule has 0 aromatic carbocycles. The molecule has 0 aromatic rings. The molecule has 0 saturated carbocycles. The first-order valence-electron chi connectivity index (χ1n) is 5.36. The van der Waals surface area contributed by atoms with Crippen molar-refractivity contribution in [3.63, 3.8) is 0 Å². The van der Waals surface area contributed by atoms with Gasteiger partial charge in [0.2, 0.25) is 0 Å². The molecule has 0 rings (SSSR count). The maximum atomic E-state index is 11.0. The Balaban J connectivity index is 4.42. The standard InChI is InChI=1S/C11H23NO3/c1-6-10(4,9(13)14)12-7-11(5,15)8(2)3/h8,12,15H,6-7H2,1-5H3,(H,13,14). The van der Waals surface area contributed by atoms with E-state index in [1.807, 2.05) is 20.8 Å². The SMILES string of the molecule is CCC(C)(NCC(C)(O)C(C)C)C(=O)O. The van der Waals surface area contributed by atoms with E-state index in [-0.39, 0.29) is 12.5 Å². The summed E-state index contributed by atoms with van der Waals surface area (Å²) in [6.45, 7) is 9.25. The van der Waals surface area contributed by atoms with E-state index in [1.54, 1.807) is 13.8 Å². The lowest BCUT2D eigenvalue weighted by Crippen LogP contribution is -2.55. The Labute approximate surface area is 91.7 Å². The van der Waals surface area contributed by atoms with Crippen LogP contribution < -0.4 is 5.32 Å². The van der Waals surface area contributed by atoms with E-state index < -0.39 is 17.1 Å². The molecule has 0 aromatic heterocycles. The summed E-state index contributed by atoms with van der Waals surface area (Å²) in [7, 11) is 0. The Morgan fingerprint density at radius 3 is 2.13 bits per heavy atom. The van der Waals surface area contributed by atoms with Crippen molar-refractivity contribution in [3.8, 4) is 0 Å². The smallest absolute Gasteiger partial charge is 0.323 e. The van der Waals surface area contributed by atoms with Gasteiger partial charge in [0.1, 0.15) is 5.54 Å². The van der Waals surface area contributed by atoms with Crippen molar-refractivity contribution in [2.24, 2.45) is 5.92 Å². The average molecular weight is 217 g/mol. The summed E-state index contributed by atoms with van der Waals surface area (Å²) >= 11 is 0. The first-order chi connectivity index (χ1) is 6.65. The summed E-state index contributed by atoms with van der Waals surface area (Å²) in [5.74, 6) is -0.801. The van der Waals surface area contributed by atoms with Gasteiger partial charge in [0.25, 0.3) is 0 Å². The van der Waals surface area contributed by atoms with Crippen LogP contribution in [0.25, 0.3) is 0 Å². The molecule has 90 valence electrons. The predicted octanol–water partition coefficient (Wildman–Crippen LogP) is 1.24. The van der Waals surface area contributed by atoms with E-state index in [2.05, 4.69) is 5.32 Å². The molecule has 0 aliphatic heterocycles. The highest BCUT2D eigenvalue weighted by atomic mass is 16.4. The molecule has 0 amide bonds. The van der Waals surface area contributed by atoms with Crippen molar-refractivity contribution in [1.29, 1.82) is 0 Å². The van der Waals surface area contributed by atoms with E-state index in [9.17, 15) is 9.90 Å². The number of rotatable bonds is 6. The second-order valence-corrected chi connectivity index (χ2v) is 4.86. The summed E-state index contributed by atoms with van der Waals surface area (Å²) in [6, 6.07) is 0. The fourth-order valence-corrected chi connectivity index (χ4v) is 0.930. The molecule has 0 saturated heterocycles. The lowest BCUT2D eigenvalue weighted by Gasteiger charge is -2.33. The van der Waals surface area contributed by atoms with Gasteiger partial charge in [-0.05, 0) is 26.2 Å². The van der Waals surface area contributed by atoms with Gasteiger partial charge in [-0.2, -0.15) is 0 Å². The van der Waals surface area contributed by atoms with Crippen molar-refractivity contribution in [3.05, 3.63) is 0 Å². The molecular weight excluding hydrogens is 194 g/mol. The van der Waals surface area contributed by atoms with Gasteiger partial charge in [-0.15, -0.1) is 0 Å². The van der Waals surface area contributed by atoms with Crippen molar-refractivity contribution >= 4 is 5.97 Å². The molecule has 4 nitrogen and oxygen atoms in total. The Morgan fingerprint density at radius 2 is 1.87 bits per heavy atom. The third-order valence-corrected chi connectivity index (χ3v) is 3.26. The number of nitrogens with one attached hydrogen (secondary N) is 1. The van der Waals surface area contributed by atoms with Crippen LogP contribution in [-0.4, -0.2) is 33.9 Å². The third-order valence-electron chi connectivity index (χ3n) is 3.26. The number of aliphatic carboxylic acids is 1. The fourth-order valence-electron chi connectivity index (χ4n) is 0.930. The molecule has 2 unspecified atom stereocenters. The summed E-state index contributed by atoms with van der Waals surface area (Å²) in [5.41, 5.74) is -1.84. The highest BCUT2D eigenvalue weighted by molar-refractivity contribution is 5.78. The van der Waals surface area contributed by atoms with Gasteiger partial charge in [0.05, 0.1) is 5.60 Å². The van der Waals surface area contributed by atoms with Gasteiger partial charge in [-0.3, -0.25) is 10.1 Å². The average Bonchev–Trinajstić information content (AvgIpc) is 2.13. The molecule has 0 aliphatic carbocycles. The first kappa shape index (κ1) is 14.4. The van der Waals surface area contributed by atoms with Gasteiger partial charge < -0.3 is 10.2 Å². The van der Waals surface area contributed by atoms with Crippen molar-refractivity contribution in [1.82, 2.24) is 5.32 Å². The lowest BCUT2D eigenvalue weighted by atomic mass is 9.90. The summed E-state index contributed by atoms with van der Waals surface area (Å²) in [4.78, 5) is 11.0. The highest BCUT2D eigenvalue weighted by Gasteiger charge is 2.34. The molecule has 2 atom stereocenters. The zero-order valence-electron chi connectivity index (χ0n) is 10.3. The van der Waals surface area contributed by atoms with E-state index in [4.69, 9.17) is 5.11 Å². The van der Waals surface area contributed by atoms with Crippen LogP contribution in [0.4, 0.5) is 0 Å². The quantitative estimate of drug-likeness (QED) is 0.626. The minimum absolute atomic E-state index is 0.0832. The first-order valence-corrected chi connectivity index (χ1v) is 5.36. The van der Waals surface area contributed by atoms with E-state index >= 15 is 0 Å². The maximum Gasteiger partial charge on any atom is 0.323 e. The van der Waals surface area contributed by atoms with Crippen LogP contribution in [0.5, 0.6) is 0 Å².